The van der Waals surface area contributed by atoms with E-state index in [0.29, 0.717) is 74.4 Å². The lowest BCUT2D eigenvalue weighted by Gasteiger charge is -2.12. The molecule has 0 unspecified atom stereocenters. The maximum Gasteiger partial charge on any atom is 0.437 e. The molecule has 0 aliphatic carbocycles. The molecule has 0 bridgehead atoms. The van der Waals surface area contributed by atoms with Crippen LogP contribution in [-0.2, 0) is 40.7 Å². The summed E-state index contributed by atoms with van der Waals surface area (Å²) >= 11 is 12.4. The van der Waals surface area contributed by atoms with Crippen molar-refractivity contribution in [3.8, 4) is 57.4 Å². The third-order valence-electron chi connectivity index (χ3n) is 9.83. The van der Waals surface area contributed by atoms with Gasteiger partial charge in [-0.25, -0.2) is 14.7 Å². The fourth-order valence-electron chi connectivity index (χ4n) is 6.51. The molecule has 1 N–H and O–H groups in total. The summed E-state index contributed by atoms with van der Waals surface area (Å²) in [7, 11) is -0.362. The monoisotopic (exact) mass is 1060 g/mol. The Balaban J connectivity index is 0.000000192. The van der Waals surface area contributed by atoms with Gasteiger partial charge in [0.2, 0.25) is 11.8 Å². The normalized spacial score (nSPS) is 11.0. The lowest BCUT2D eigenvalue weighted by Crippen LogP contribution is -2.16. The minimum Gasteiger partial charge on any atom is -0.493 e. The van der Waals surface area contributed by atoms with Crippen LogP contribution in [0.25, 0.3) is 22.9 Å². The van der Waals surface area contributed by atoms with E-state index in [2.05, 4.69) is 15.3 Å². The summed E-state index contributed by atoms with van der Waals surface area (Å²) < 4.78 is 71.7. The smallest absolute Gasteiger partial charge is 0.437 e. The van der Waals surface area contributed by atoms with Crippen molar-refractivity contribution in [2.24, 2.45) is 0 Å². The molecule has 8 rings (SSSR count). The molecule has 0 atom stereocenters. The number of hydrogen-bond donors (Lipinski definition) is 1. The molecule has 0 spiro atoms. The molecule has 2 heterocycles. The first-order valence-electron chi connectivity index (χ1n) is 22.5. The molecule has 2 aromatic heterocycles. The maximum absolute atomic E-state index is 12.4. The minimum atomic E-state index is -3.47. The predicted molar refractivity (Wildman–Crippen MR) is 277 cm³/mol. The highest BCUT2D eigenvalue weighted by Crippen LogP contribution is 2.33. The number of aromatic nitrogens is 4. The Morgan fingerprint density at radius 3 is 1.51 bits per heavy atom. The summed E-state index contributed by atoms with van der Waals surface area (Å²) in [6.45, 7) is 8.69. The molecule has 0 radical (unpaired) electrons. The lowest BCUT2D eigenvalue weighted by molar-refractivity contribution is 0.242. The van der Waals surface area contributed by atoms with Crippen LogP contribution in [-0.4, -0.2) is 61.1 Å². The Morgan fingerprint density at radius 2 is 1.05 bits per heavy atom. The predicted octanol–water partition coefficient (Wildman–Crippen LogP) is 10.8. The molecule has 0 saturated carbocycles. The van der Waals surface area contributed by atoms with E-state index in [1.54, 1.807) is 61.7 Å². The van der Waals surface area contributed by atoms with Gasteiger partial charge < -0.3 is 37.3 Å². The van der Waals surface area contributed by atoms with E-state index in [1.807, 2.05) is 107 Å². The first-order valence-corrected chi connectivity index (χ1v) is 25.1. The first kappa shape index (κ1) is 54.8. The maximum atomic E-state index is 12.4. The standard InChI is InChI=1S/C26H25ClN2O5.C16H18O5S.C11H11ClN2O3/c1-17(2)33-22-12-10-20(14-21(22)27)25-28-29(26(30)34-25)15-19-9-11-23(24(13-19)31-3)32-16-18-7-5-4-6-8-18;1-19-16-10-14(12-21-22(2,17)18)8-9-15(16)20-11-13-6-4-3-5-7-13;1-6(2)16-9-4-3-7(5-8(9)12)10-13-14-11(15)17-10/h4-14,17H,15-16H2,1-3H3;3-10H,11-12H2,1-2H3;3-6H,1-2H3,(H,14,15). The average Bonchev–Trinajstić information content (AvgIpc) is 3.98. The topological polar surface area (TPSA) is 206 Å². The zero-order valence-corrected chi connectivity index (χ0v) is 43.3. The minimum absolute atomic E-state index is 0.00684. The number of ether oxygens (including phenoxy) is 6. The van der Waals surface area contributed by atoms with Crippen LogP contribution in [0.1, 0.15) is 49.9 Å². The van der Waals surface area contributed by atoms with E-state index >= 15 is 0 Å². The third kappa shape index (κ3) is 17.1. The summed E-state index contributed by atoms with van der Waals surface area (Å²) in [4.78, 5) is 23.2. The quantitative estimate of drug-likeness (QED) is 0.0748. The van der Waals surface area contributed by atoms with Crippen LogP contribution < -0.4 is 39.9 Å². The van der Waals surface area contributed by atoms with E-state index in [-0.39, 0.29) is 37.1 Å². The zero-order chi connectivity index (χ0) is 52.5. The number of rotatable bonds is 19. The summed E-state index contributed by atoms with van der Waals surface area (Å²) in [5, 5.41) is 11.1. The third-order valence-corrected chi connectivity index (χ3v) is 11.0. The molecule has 0 saturated heterocycles. The van der Waals surface area contributed by atoms with Gasteiger partial charge in [-0.1, -0.05) is 96.0 Å². The number of benzene rings is 6. The fourth-order valence-corrected chi connectivity index (χ4v) is 7.31. The number of methoxy groups -OCH3 is 2. The molecule has 8 aromatic rings. The SMILES string of the molecule is CC(C)Oc1ccc(-c2n[nH]c(=O)o2)cc1Cl.COc1cc(COS(C)(=O)=O)ccc1OCc1ccccc1.COc1cc(Cn2nc(-c3ccc(OC(C)C)c(Cl)c3)oc2=O)ccc1OCc1ccccc1. The molecule has 0 aliphatic rings. The van der Waals surface area contributed by atoms with Crippen LogP contribution in [0.5, 0.6) is 34.5 Å². The van der Waals surface area contributed by atoms with Crippen molar-refractivity contribution < 1.29 is 49.9 Å². The van der Waals surface area contributed by atoms with Crippen molar-refractivity contribution in [1.82, 2.24) is 20.0 Å². The Labute approximate surface area is 432 Å². The fraction of sp³-hybridized carbons (Fsp3) is 0.245. The second-order valence-corrected chi connectivity index (χ2v) is 18.8. The van der Waals surface area contributed by atoms with Gasteiger partial charge in [0, 0.05) is 11.1 Å². The van der Waals surface area contributed by atoms with Gasteiger partial charge >= 0.3 is 11.5 Å². The average molecular weight is 1060 g/mol. The molecule has 20 heteroatoms. The number of nitrogens with one attached hydrogen (secondary N) is 1. The molecule has 17 nitrogen and oxygen atoms in total. The Kier molecular flexibility index (Phi) is 19.7. The van der Waals surface area contributed by atoms with Crippen LogP contribution in [0.15, 0.2) is 152 Å². The van der Waals surface area contributed by atoms with Crippen LogP contribution >= 0.6 is 23.2 Å². The van der Waals surface area contributed by atoms with Crippen LogP contribution in [0.3, 0.4) is 0 Å². The Morgan fingerprint density at radius 1 is 0.575 bits per heavy atom. The van der Waals surface area contributed by atoms with E-state index in [1.165, 1.54) is 11.8 Å². The van der Waals surface area contributed by atoms with Gasteiger partial charge in [-0.2, -0.15) is 13.1 Å². The first-order chi connectivity index (χ1) is 35.0. The Hall–Kier alpha value is -7.51. The van der Waals surface area contributed by atoms with Crippen molar-refractivity contribution in [3.05, 3.63) is 187 Å². The van der Waals surface area contributed by atoms with Crippen LogP contribution in [0.4, 0.5) is 0 Å². The molecule has 0 aliphatic heterocycles. The summed E-state index contributed by atoms with van der Waals surface area (Å²) in [5.74, 6) is 2.66. The number of halogens is 2. The van der Waals surface area contributed by atoms with E-state index in [9.17, 15) is 18.0 Å². The van der Waals surface area contributed by atoms with Crippen LogP contribution in [0, 0.1) is 0 Å². The second kappa shape index (κ2) is 26.3. The molecular formula is C53H54Cl2N4O13S. The highest BCUT2D eigenvalue weighted by molar-refractivity contribution is 7.85. The summed E-state index contributed by atoms with van der Waals surface area (Å²) in [5.41, 5.74) is 4.80. The van der Waals surface area contributed by atoms with Gasteiger partial charge in [0.05, 0.1) is 55.9 Å². The molecule has 0 amide bonds. The van der Waals surface area contributed by atoms with Crippen molar-refractivity contribution in [1.29, 1.82) is 0 Å². The lowest BCUT2D eigenvalue weighted by atomic mass is 10.2. The van der Waals surface area contributed by atoms with Crippen molar-refractivity contribution in [2.45, 2.75) is 66.3 Å². The number of nitrogens with zero attached hydrogens (tertiary/aromatic N) is 3. The van der Waals surface area contributed by atoms with Crippen molar-refractivity contribution in [3.63, 3.8) is 0 Å². The van der Waals surface area contributed by atoms with E-state index in [4.69, 9.17) is 64.6 Å². The second-order valence-electron chi connectivity index (χ2n) is 16.4. The zero-order valence-electron chi connectivity index (χ0n) is 41.0. The number of H-pyrrole nitrogens is 1. The summed E-state index contributed by atoms with van der Waals surface area (Å²) in [6.07, 6.45) is 1.05. The van der Waals surface area contributed by atoms with Gasteiger partial charge in [-0.05, 0) is 111 Å². The Bertz CT molecular complexity index is 3270. The van der Waals surface area contributed by atoms with E-state index in [0.717, 1.165) is 22.9 Å². The number of hydrogen-bond acceptors (Lipinski definition) is 15. The highest BCUT2D eigenvalue weighted by atomic mass is 35.5. The highest BCUT2D eigenvalue weighted by Gasteiger charge is 2.16. The summed E-state index contributed by atoms with van der Waals surface area (Å²) in [6, 6.07) is 40.6. The van der Waals surface area contributed by atoms with Gasteiger partial charge in [0.25, 0.3) is 10.1 Å². The molecule has 0 fully saturated rings. The van der Waals surface area contributed by atoms with Gasteiger partial charge in [0.1, 0.15) is 24.7 Å². The molecule has 73 heavy (non-hydrogen) atoms. The molecular weight excluding hydrogens is 1000 g/mol. The van der Waals surface area contributed by atoms with Gasteiger partial charge in [-0.15, -0.1) is 10.2 Å². The van der Waals surface area contributed by atoms with Gasteiger partial charge in [-0.3, -0.25) is 4.18 Å². The van der Waals surface area contributed by atoms with Crippen molar-refractivity contribution in [2.75, 3.05) is 20.5 Å². The molecule has 6 aromatic carbocycles. The van der Waals surface area contributed by atoms with Gasteiger partial charge in [0.15, 0.2) is 23.0 Å². The molecule has 384 valence electrons. The van der Waals surface area contributed by atoms with Crippen LogP contribution in [0.2, 0.25) is 10.0 Å². The number of aromatic amines is 1. The largest absolute Gasteiger partial charge is 0.493 e. The van der Waals surface area contributed by atoms with E-state index < -0.39 is 21.6 Å². The van der Waals surface area contributed by atoms with Crippen molar-refractivity contribution >= 4 is 33.3 Å².